The Bertz CT molecular complexity index is 615. The van der Waals surface area contributed by atoms with Crippen LogP contribution in [0.15, 0.2) is 22.7 Å². The number of nitrogens with one attached hydrogen (secondary N) is 1. The molecule has 0 saturated heterocycles. The second kappa shape index (κ2) is 4.56. The van der Waals surface area contributed by atoms with Crippen molar-refractivity contribution in [3.8, 4) is 6.07 Å². The minimum absolute atomic E-state index is 0.413. The molecule has 0 unspecified atom stereocenters. The lowest BCUT2D eigenvalue weighted by Gasteiger charge is -2.15. The van der Waals surface area contributed by atoms with Crippen molar-refractivity contribution < 1.29 is 8.42 Å². The first kappa shape index (κ1) is 13.4. The summed E-state index contributed by atoms with van der Waals surface area (Å²) in [6.07, 6.45) is 2.72. The van der Waals surface area contributed by atoms with E-state index in [4.69, 9.17) is 5.26 Å². The van der Waals surface area contributed by atoms with Crippen LogP contribution in [0.4, 0.5) is 5.69 Å². The van der Waals surface area contributed by atoms with Crippen LogP contribution in [0.5, 0.6) is 0 Å². The van der Waals surface area contributed by atoms with E-state index < -0.39 is 14.6 Å². The molecule has 1 aromatic rings. The summed E-state index contributed by atoms with van der Waals surface area (Å²) in [6.45, 7) is 0.413. The predicted molar refractivity (Wildman–Crippen MR) is 74.2 cm³/mol. The summed E-state index contributed by atoms with van der Waals surface area (Å²) in [6, 6.07) is 7.24. The molecule has 0 aromatic heterocycles. The average Bonchev–Trinajstić information content (AvgIpc) is 3.07. The Morgan fingerprint density at radius 3 is 2.61 bits per heavy atom. The molecule has 4 nitrogen and oxygen atoms in total. The summed E-state index contributed by atoms with van der Waals surface area (Å²) in [5, 5.41) is 11.9. The Kier molecular flexibility index (Phi) is 3.39. The minimum Gasteiger partial charge on any atom is -0.383 e. The lowest BCUT2D eigenvalue weighted by atomic mass is 10.2. The molecule has 1 aliphatic rings. The zero-order valence-corrected chi connectivity index (χ0v) is 12.3. The lowest BCUT2D eigenvalue weighted by Crippen LogP contribution is -2.30. The zero-order chi connectivity index (χ0) is 13.4. The number of halogens is 1. The fourth-order valence-electron chi connectivity index (χ4n) is 1.80. The maximum Gasteiger partial charge on any atom is 0.154 e. The van der Waals surface area contributed by atoms with Crippen molar-refractivity contribution in [3.63, 3.8) is 0 Å². The molecule has 0 bridgehead atoms. The molecule has 0 spiro atoms. The molecule has 0 radical (unpaired) electrons. The summed E-state index contributed by atoms with van der Waals surface area (Å²) in [5.41, 5.74) is 1.38. The van der Waals surface area contributed by atoms with Gasteiger partial charge < -0.3 is 5.32 Å². The van der Waals surface area contributed by atoms with E-state index in [1.54, 1.807) is 18.2 Å². The van der Waals surface area contributed by atoms with E-state index in [0.717, 1.165) is 10.2 Å². The van der Waals surface area contributed by atoms with Crippen molar-refractivity contribution in [2.75, 3.05) is 18.1 Å². The van der Waals surface area contributed by atoms with Gasteiger partial charge in [0.1, 0.15) is 0 Å². The third kappa shape index (κ3) is 2.52. The van der Waals surface area contributed by atoms with Gasteiger partial charge in [-0.1, -0.05) is 0 Å². The number of benzene rings is 1. The van der Waals surface area contributed by atoms with Gasteiger partial charge in [0.15, 0.2) is 9.84 Å². The molecule has 0 heterocycles. The molecule has 18 heavy (non-hydrogen) atoms. The van der Waals surface area contributed by atoms with Crippen molar-refractivity contribution >= 4 is 31.5 Å². The molecular weight excluding hydrogens is 316 g/mol. The summed E-state index contributed by atoms with van der Waals surface area (Å²) < 4.78 is 23.4. The van der Waals surface area contributed by atoms with Crippen LogP contribution in [-0.4, -0.2) is 26.0 Å². The highest BCUT2D eigenvalue weighted by atomic mass is 79.9. The lowest BCUT2D eigenvalue weighted by molar-refractivity contribution is 0.585. The fourth-order valence-corrected chi connectivity index (χ4v) is 3.50. The number of hydrogen-bond donors (Lipinski definition) is 1. The second-order valence-electron chi connectivity index (χ2n) is 4.62. The molecule has 1 N–H and O–H groups in total. The van der Waals surface area contributed by atoms with Gasteiger partial charge in [0.25, 0.3) is 0 Å². The third-order valence-electron chi connectivity index (χ3n) is 3.29. The van der Waals surface area contributed by atoms with E-state index in [2.05, 4.69) is 27.3 Å². The maximum absolute atomic E-state index is 11.6. The van der Waals surface area contributed by atoms with E-state index in [-0.39, 0.29) is 0 Å². The van der Waals surface area contributed by atoms with Crippen LogP contribution < -0.4 is 5.32 Å². The quantitative estimate of drug-likeness (QED) is 0.920. The van der Waals surface area contributed by atoms with Gasteiger partial charge >= 0.3 is 0 Å². The standard InChI is InChI=1S/C12H13BrN2O2S/c1-18(16,17)12(4-5-12)8-15-11-3-2-9(7-14)6-10(11)13/h2-3,6,15H,4-5,8H2,1H3. The van der Waals surface area contributed by atoms with E-state index in [1.807, 2.05) is 0 Å². The normalized spacial score (nSPS) is 16.9. The van der Waals surface area contributed by atoms with Gasteiger partial charge in [-0.2, -0.15) is 5.26 Å². The Morgan fingerprint density at radius 2 is 2.17 bits per heavy atom. The first-order chi connectivity index (χ1) is 8.38. The van der Waals surface area contributed by atoms with Crippen LogP contribution in [0.25, 0.3) is 0 Å². The third-order valence-corrected chi connectivity index (χ3v) is 6.08. The number of nitriles is 1. The Hall–Kier alpha value is -1.06. The molecule has 0 aliphatic heterocycles. The first-order valence-electron chi connectivity index (χ1n) is 5.51. The fraction of sp³-hybridized carbons (Fsp3) is 0.417. The van der Waals surface area contributed by atoms with Crippen molar-refractivity contribution in [1.29, 1.82) is 5.26 Å². The minimum atomic E-state index is -3.02. The zero-order valence-electron chi connectivity index (χ0n) is 9.90. The summed E-state index contributed by atoms with van der Waals surface area (Å²) in [7, 11) is -3.02. The molecule has 1 aliphatic carbocycles. The highest BCUT2D eigenvalue weighted by molar-refractivity contribution is 9.10. The van der Waals surface area contributed by atoms with Gasteiger partial charge in [-0.25, -0.2) is 8.42 Å². The highest BCUT2D eigenvalue weighted by Crippen LogP contribution is 2.43. The van der Waals surface area contributed by atoms with Crippen LogP contribution in [0, 0.1) is 11.3 Å². The van der Waals surface area contributed by atoms with Gasteiger partial charge in [-0.15, -0.1) is 0 Å². The van der Waals surface area contributed by atoms with Gasteiger partial charge in [0.05, 0.1) is 16.4 Å². The maximum atomic E-state index is 11.6. The molecule has 1 aromatic carbocycles. The molecular formula is C12H13BrN2O2S. The largest absolute Gasteiger partial charge is 0.383 e. The highest BCUT2D eigenvalue weighted by Gasteiger charge is 2.51. The van der Waals surface area contributed by atoms with Crippen molar-refractivity contribution in [3.05, 3.63) is 28.2 Å². The molecule has 96 valence electrons. The number of hydrogen-bond acceptors (Lipinski definition) is 4. The van der Waals surface area contributed by atoms with Crippen LogP contribution in [-0.2, 0) is 9.84 Å². The van der Waals surface area contributed by atoms with E-state index in [0.29, 0.717) is 24.9 Å². The topological polar surface area (TPSA) is 70.0 Å². The number of anilines is 1. The smallest absolute Gasteiger partial charge is 0.154 e. The number of rotatable bonds is 4. The number of sulfone groups is 1. The van der Waals surface area contributed by atoms with Gasteiger partial charge in [-0.05, 0) is 47.0 Å². The molecule has 1 fully saturated rings. The van der Waals surface area contributed by atoms with Crippen molar-refractivity contribution in [2.45, 2.75) is 17.6 Å². The van der Waals surface area contributed by atoms with Crippen molar-refractivity contribution in [1.82, 2.24) is 0 Å². The summed E-state index contributed by atoms with van der Waals surface area (Å²) in [4.78, 5) is 0. The predicted octanol–water partition coefficient (Wildman–Crippen LogP) is 2.31. The van der Waals surface area contributed by atoms with Crippen LogP contribution in [0.3, 0.4) is 0 Å². The van der Waals surface area contributed by atoms with E-state index in [1.165, 1.54) is 6.26 Å². The molecule has 6 heteroatoms. The first-order valence-corrected chi connectivity index (χ1v) is 8.19. The molecule has 2 rings (SSSR count). The Morgan fingerprint density at radius 1 is 1.50 bits per heavy atom. The summed E-state index contributed by atoms with van der Waals surface area (Å²) >= 11 is 3.36. The monoisotopic (exact) mass is 328 g/mol. The van der Waals surface area contributed by atoms with Crippen LogP contribution in [0.2, 0.25) is 0 Å². The van der Waals surface area contributed by atoms with E-state index in [9.17, 15) is 8.42 Å². The van der Waals surface area contributed by atoms with Gasteiger partial charge in [0, 0.05) is 23.0 Å². The molecule has 0 amide bonds. The molecule has 0 atom stereocenters. The SMILES string of the molecule is CS(=O)(=O)C1(CNc2ccc(C#N)cc2Br)CC1. The Labute approximate surface area is 115 Å². The number of nitrogens with zero attached hydrogens (tertiary/aromatic N) is 1. The van der Waals surface area contributed by atoms with Crippen LogP contribution >= 0.6 is 15.9 Å². The van der Waals surface area contributed by atoms with E-state index >= 15 is 0 Å². The van der Waals surface area contributed by atoms with Gasteiger partial charge in [-0.3, -0.25) is 0 Å². The van der Waals surface area contributed by atoms with Crippen molar-refractivity contribution in [2.24, 2.45) is 0 Å². The average molecular weight is 329 g/mol. The second-order valence-corrected chi connectivity index (χ2v) is 7.88. The molecule has 1 saturated carbocycles. The summed E-state index contributed by atoms with van der Waals surface area (Å²) in [5.74, 6) is 0. The van der Waals surface area contributed by atoms with Crippen LogP contribution in [0.1, 0.15) is 18.4 Å². The Balaban J connectivity index is 2.11. The van der Waals surface area contributed by atoms with Gasteiger partial charge in [0.2, 0.25) is 0 Å².